The summed E-state index contributed by atoms with van der Waals surface area (Å²) >= 11 is 5.27. The Labute approximate surface area is 631 Å². The van der Waals surface area contributed by atoms with Crippen molar-refractivity contribution in [2.75, 3.05) is 88.2 Å². The van der Waals surface area contributed by atoms with Gasteiger partial charge in [0.25, 0.3) is 6.47 Å². The van der Waals surface area contributed by atoms with Crippen LogP contribution in [0.25, 0.3) is 4.85 Å². The Bertz CT molecular complexity index is 1780. The van der Waals surface area contributed by atoms with Crippen LogP contribution in [0.4, 0.5) is 0 Å². The molecule has 0 bridgehead atoms. The van der Waals surface area contributed by atoms with Crippen molar-refractivity contribution in [3.05, 3.63) is 23.6 Å². The van der Waals surface area contributed by atoms with Crippen molar-refractivity contribution in [2.24, 2.45) is 35.5 Å². The number of rotatable bonds is 38. The van der Waals surface area contributed by atoms with E-state index < -0.39 is 19.6 Å². The van der Waals surface area contributed by atoms with Crippen molar-refractivity contribution < 1.29 is 146 Å². The Morgan fingerprint density at radius 1 is 0.606 bits per heavy atom. The van der Waals surface area contributed by atoms with Crippen LogP contribution in [0, 0.1) is 53.4 Å². The third-order valence-electron chi connectivity index (χ3n) is 11.2. The van der Waals surface area contributed by atoms with Crippen LogP contribution >= 0.6 is 33.0 Å². The number of nitriles is 1. The monoisotopic (exact) mass is 1490 g/mol. The zero-order valence-electron chi connectivity index (χ0n) is 62.5. The van der Waals surface area contributed by atoms with Gasteiger partial charge in [0.05, 0.1) is 50.4 Å². The summed E-state index contributed by atoms with van der Waals surface area (Å²) in [7, 11) is 9.66. The van der Waals surface area contributed by atoms with Gasteiger partial charge in [0.15, 0.2) is 0 Å². The molecule has 0 aromatic rings. The molecule has 0 aromatic carbocycles. The van der Waals surface area contributed by atoms with E-state index in [-0.39, 0.29) is 104 Å². The molecule has 1 amide bonds. The number of hydrogen-bond acceptors (Lipinski definition) is 19. The van der Waals surface area contributed by atoms with Gasteiger partial charge in [-0.3, -0.25) is 28.3 Å². The number of carbonyl (C=O) groups is 4. The molecule has 23 nitrogen and oxygen atoms in total. The van der Waals surface area contributed by atoms with Crippen LogP contribution in [-0.2, 0) is 72.0 Å². The van der Waals surface area contributed by atoms with Gasteiger partial charge < -0.3 is 63.7 Å². The number of amides is 1. The van der Waals surface area contributed by atoms with Crippen molar-refractivity contribution in [3.8, 4) is 6.07 Å². The van der Waals surface area contributed by atoms with Crippen LogP contribution in [0.2, 0.25) is 0 Å². The number of esters is 1. The van der Waals surface area contributed by atoms with Crippen LogP contribution in [0.5, 0.6) is 0 Å². The van der Waals surface area contributed by atoms with E-state index in [1.165, 1.54) is 13.2 Å². The molecule has 5 atom stereocenters. The summed E-state index contributed by atoms with van der Waals surface area (Å²) in [4.78, 5) is 47.9. The molecule has 0 spiro atoms. The van der Waals surface area contributed by atoms with E-state index in [1.54, 1.807) is 19.0 Å². The summed E-state index contributed by atoms with van der Waals surface area (Å²) in [6.07, 6.45) is 16.4. The molecule has 0 fully saturated rings. The molecule has 6 N–H and O–H groups in total. The Hall–Kier alpha value is -1.03. The molecule has 0 saturated carbocycles. The van der Waals surface area contributed by atoms with Crippen molar-refractivity contribution in [3.63, 3.8) is 0 Å². The van der Waals surface area contributed by atoms with Crippen LogP contribution in [0.1, 0.15) is 221 Å². The van der Waals surface area contributed by atoms with Gasteiger partial charge in [0.1, 0.15) is 12.7 Å². The predicted molar refractivity (Wildman–Crippen MR) is 380 cm³/mol. The summed E-state index contributed by atoms with van der Waals surface area (Å²) in [6.45, 7) is 50.1. The molecule has 564 valence electrons. The van der Waals surface area contributed by atoms with E-state index in [9.17, 15) is 19.2 Å². The SMILES string of the molecule is CC(C)CCO.CC/C=C/C#N.CCC(CC(=O)Cl)OCCC(C)C.CCC(CC(=O)N(C)C)OCCC(C)C.CCC(CC(=O)OC)OCCC(C)C.CCC(COC=O)OCCC(C)C.CO.CO.O=S(=O)(O)O.O=S(Cl)Cl.[C-]#[N+]CC(CC)OCCC(C)C.[K+].[OH-]. The average molecular weight is 1490 g/mol. The van der Waals surface area contributed by atoms with Crippen molar-refractivity contribution in [1.82, 2.24) is 4.90 Å². The summed E-state index contributed by atoms with van der Waals surface area (Å²) in [5, 5.41) is 29.8. The van der Waals surface area contributed by atoms with Gasteiger partial charge in [0.2, 0.25) is 26.9 Å². The first kappa shape index (κ1) is 123. The van der Waals surface area contributed by atoms with E-state index in [0.29, 0.717) is 81.0 Å². The first-order valence-corrected chi connectivity index (χ1v) is 36.4. The second-order valence-electron chi connectivity index (χ2n) is 22.5. The summed E-state index contributed by atoms with van der Waals surface area (Å²) in [5.74, 6) is 3.89. The number of allylic oxidation sites excluding steroid dienone is 2. The van der Waals surface area contributed by atoms with E-state index in [2.05, 4.69) is 133 Å². The largest absolute Gasteiger partial charge is 1.00 e. The van der Waals surface area contributed by atoms with Gasteiger partial charge in [-0.2, -0.15) is 13.7 Å². The second-order valence-corrected chi connectivity index (χ2v) is 26.3. The standard InChI is InChI=1S/C12H25NO2.C11H22O3.C10H19ClO2.C10H19NO.C10H20O3.C5H7N.C5H12O.2CH4O.Cl2OS.K.H2O4S.H2O/c1-6-11(9-12(14)13(4)5)15-8-7-10(2)3;1-5-10(8-11(12)13-4)14-7-6-9(2)3;1-4-9(7-10(11)12)13-6-5-8(2)3;1-5-10(8-11-4)12-7-6-9(2)3;1-4-10(7-12-8-11)13-6-5-9(2)3;1-2-3-4-5-6;1-5(2)3-4-6;2*1-2;1-4(2)3;;1-5(2,3)4;/h10-11H,6-9H2,1-5H3;9-10H,5-8H2,1-4H3;8-9H,4-7H2,1-3H3;9-10H,5-8H2,1-3H3;8-10H,4-7H2,1-3H3;3-4H,2H2,1H3;5-6H,3-4H2,1-2H3;2*2H,1H3;;;(H2,1,2,3,4);1H2/q;;;;;;;;;;+1;;/p-1/b;;;;;4-3+;;;;;;;. The topological polar surface area (TPSA) is 347 Å². The zero-order valence-corrected chi connectivity index (χ0v) is 69.6. The maximum absolute atomic E-state index is 11.5. The van der Waals surface area contributed by atoms with Crippen LogP contribution in [0.15, 0.2) is 12.2 Å². The van der Waals surface area contributed by atoms with Crippen LogP contribution in [0.3, 0.4) is 0 Å². The van der Waals surface area contributed by atoms with Gasteiger partial charge in [0, 0.05) is 102 Å². The van der Waals surface area contributed by atoms with Crippen LogP contribution in [-0.4, -0.2) is 190 Å². The molecule has 0 saturated heterocycles. The van der Waals surface area contributed by atoms with E-state index in [4.69, 9.17) is 84.2 Å². The quantitative estimate of drug-likeness (QED) is 0.00729. The van der Waals surface area contributed by atoms with E-state index >= 15 is 0 Å². The molecule has 0 rings (SSSR count). The zero-order chi connectivity index (χ0) is 74.5. The van der Waals surface area contributed by atoms with Gasteiger partial charge in [-0.15, -0.1) is 0 Å². The smallest absolute Gasteiger partial charge is 0.870 e. The third-order valence-corrected chi connectivity index (χ3v) is 11.4. The molecule has 0 aliphatic carbocycles. The molecule has 94 heavy (non-hydrogen) atoms. The molecular weight excluding hydrogens is 1350 g/mol. The minimum absolute atomic E-state index is 0. The molecule has 5 unspecified atom stereocenters. The number of aliphatic hydroxyl groups excluding tert-OH is 3. The van der Waals surface area contributed by atoms with E-state index in [1.807, 2.05) is 39.8 Å². The number of hydrogen-bond donors (Lipinski definition) is 5. The molecular formula is C65H135Cl3KN3O20S2. The second kappa shape index (κ2) is 98.3. The number of halogens is 3. The fraction of sp³-hybridized carbons (Fsp3) is 0.877. The third kappa shape index (κ3) is 150. The van der Waals surface area contributed by atoms with Crippen LogP contribution < -0.4 is 51.4 Å². The van der Waals surface area contributed by atoms with Crippen molar-refractivity contribution in [2.45, 2.75) is 251 Å². The number of nitrogens with zero attached hydrogens (tertiary/aromatic N) is 3. The Balaban J connectivity index is -0.0000000724. The molecule has 29 heteroatoms. The fourth-order valence-corrected chi connectivity index (χ4v) is 5.57. The van der Waals surface area contributed by atoms with E-state index in [0.717, 1.165) is 124 Å². The minimum atomic E-state index is -4.67. The summed E-state index contributed by atoms with van der Waals surface area (Å²) in [5.41, 5.74) is 0. The van der Waals surface area contributed by atoms with Crippen molar-refractivity contribution in [1.29, 1.82) is 5.26 Å². The van der Waals surface area contributed by atoms with Crippen molar-refractivity contribution >= 4 is 76.2 Å². The fourth-order valence-electron chi connectivity index (χ4n) is 5.40. The maximum Gasteiger partial charge on any atom is 1.00 e. The number of ether oxygens (including phenoxy) is 7. The number of aliphatic hydroxyl groups is 3. The normalized spacial score (nSPS) is 11.6. The van der Waals surface area contributed by atoms with Gasteiger partial charge in [-0.05, 0) is 124 Å². The Morgan fingerprint density at radius 3 is 1.10 bits per heavy atom. The summed E-state index contributed by atoms with van der Waals surface area (Å²) < 4.78 is 77.7. The van der Waals surface area contributed by atoms with Gasteiger partial charge >= 0.3 is 67.8 Å². The maximum atomic E-state index is 11.5. The summed E-state index contributed by atoms with van der Waals surface area (Å²) in [6, 6.07) is 1.89. The molecule has 0 aliphatic heterocycles. The number of carbonyl (C=O) groups excluding carboxylic acids is 4. The number of methoxy groups -OCH3 is 1. The average Bonchev–Trinajstić information content (AvgIpc) is 2.58. The predicted octanol–water partition coefficient (Wildman–Crippen LogP) is 11.4. The molecule has 0 heterocycles. The Morgan fingerprint density at radius 2 is 0.894 bits per heavy atom. The molecule has 0 aromatic heterocycles. The minimum Gasteiger partial charge on any atom is -0.870 e. The Kier molecular flexibility index (Phi) is 129. The van der Waals surface area contributed by atoms with Gasteiger partial charge in [-0.25, -0.2) is 10.8 Å². The molecule has 0 radical (unpaired) electrons. The first-order valence-electron chi connectivity index (χ1n) is 31.9. The van der Waals surface area contributed by atoms with Gasteiger partial charge in [-0.1, -0.05) is 131 Å². The first-order chi connectivity index (χ1) is 42.9. The molecule has 0 aliphatic rings.